The maximum absolute atomic E-state index is 12.9. The van der Waals surface area contributed by atoms with Crippen LogP contribution in [0.15, 0.2) is 12.2 Å². The highest BCUT2D eigenvalue weighted by Crippen LogP contribution is 2.32. The van der Waals surface area contributed by atoms with Crippen LogP contribution in [0, 0.1) is 0 Å². The molecule has 3 aliphatic rings. The molecule has 340 valence electrons. The Labute approximate surface area is 340 Å². The molecule has 17 atom stereocenters. The summed E-state index contributed by atoms with van der Waals surface area (Å²) in [6.07, 6.45) is -10.9. The second kappa shape index (κ2) is 26.8. The average Bonchev–Trinajstić information content (AvgIpc) is 3.21. The van der Waals surface area contributed by atoms with Gasteiger partial charge < -0.3 is 89.9 Å². The third kappa shape index (κ3) is 14.9. The molecule has 0 saturated carbocycles. The van der Waals surface area contributed by atoms with Crippen molar-refractivity contribution in [3.63, 3.8) is 0 Å². The number of unbranched alkanes of at least 4 members (excludes halogenated alkanes) is 10. The number of carbonyl (C=O) groups is 1. The molecular formula is C39H71NO18. The Morgan fingerprint density at radius 2 is 1.07 bits per heavy atom. The lowest BCUT2D eigenvalue weighted by Gasteiger charge is -2.48. The molecule has 0 aromatic carbocycles. The summed E-state index contributed by atoms with van der Waals surface area (Å²) < 4.78 is 33.8. The largest absolute Gasteiger partial charge is 0.394 e. The van der Waals surface area contributed by atoms with E-state index in [1.807, 2.05) is 6.08 Å². The van der Waals surface area contributed by atoms with Crippen molar-refractivity contribution in [2.24, 2.45) is 0 Å². The van der Waals surface area contributed by atoms with Gasteiger partial charge in [0.2, 0.25) is 5.91 Å². The van der Waals surface area contributed by atoms with Crippen LogP contribution in [0.4, 0.5) is 0 Å². The monoisotopic (exact) mass is 841 g/mol. The van der Waals surface area contributed by atoms with Crippen molar-refractivity contribution in [3.8, 4) is 0 Å². The molecule has 1 amide bonds. The number of rotatable bonds is 26. The molecule has 0 radical (unpaired) electrons. The minimum atomic E-state index is -1.97. The highest BCUT2D eigenvalue weighted by molar-refractivity contribution is 5.76. The van der Waals surface area contributed by atoms with Gasteiger partial charge in [-0.25, -0.2) is 0 Å². The lowest BCUT2D eigenvalue weighted by Crippen LogP contribution is -2.66. The Balaban J connectivity index is 1.62. The molecule has 19 nitrogen and oxygen atoms in total. The number of amides is 1. The first-order valence-electron chi connectivity index (χ1n) is 20.9. The predicted molar refractivity (Wildman–Crippen MR) is 203 cm³/mol. The third-order valence-corrected chi connectivity index (χ3v) is 10.8. The third-order valence-electron chi connectivity index (χ3n) is 10.8. The molecule has 0 aliphatic carbocycles. The van der Waals surface area contributed by atoms with Crippen LogP contribution in [0.1, 0.15) is 97.3 Å². The molecule has 3 rings (SSSR count). The van der Waals surface area contributed by atoms with Gasteiger partial charge in [-0.2, -0.15) is 0 Å². The summed E-state index contributed by atoms with van der Waals surface area (Å²) in [5, 5.41) is 118. The fourth-order valence-electron chi connectivity index (χ4n) is 7.19. The fourth-order valence-corrected chi connectivity index (χ4v) is 7.19. The van der Waals surface area contributed by atoms with Gasteiger partial charge in [0.05, 0.1) is 38.6 Å². The molecule has 0 aromatic heterocycles. The lowest BCUT2D eigenvalue weighted by atomic mass is 9.96. The minimum Gasteiger partial charge on any atom is -0.394 e. The molecule has 3 heterocycles. The van der Waals surface area contributed by atoms with Crippen LogP contribution in [0.5, 0.6) is 0 Å². The van der Waals surface area contributed by atoms with Crippen molar-refractivity contribution in [1.29, 1.82) is 0 Å². The van der Waals surface area contributed by atoms with Gasteiger partial charge in [0.25, 0.3) is 0 Å². The van der Waals surface area contributed by atoms with Crippen LogP contribution in [0.2, 0.25) is 0 Å². The first-order chi connectivity index (χ1) is 27.8. The normalized spacial score (nSPS) is 36.9. The fraction of sp³-hybridized carbons (Fsp3) is 0.923. The van der Waals surface area contributed by atoms with Crippen LogP contribution in [0.25, 0.3) is 0 Å². The lowest BCUT2D eigenvalue weighted by molar-refractivity contribution is -0.379. The number of carbonyl (C=O) groups excluding carboxylic acids is 1. The summed E-state index contributed by atoms with van der Waals surface area (Å²) in [5.41, 5.74) is 0. The highest BCUT2D eigenvalue weighted by Gasteiger charge is 2.53. The number of hydrogen-bond donors (Lipinski definition) is 12. The van der Waals surface area contributed by atoms with Crippen molar-refractivity contribution < 1.29 is 89.4 Å². The molecule has 12 N–H and O–H groups in total. The second-order valence-corrected chi connectivity index (χ2v) is 15.5. The number of hydrogen-bond acceptors (Lipinski definition) is 18. The number of aliphatic hydroxyl groups is 11. The quantitative estimate of drug-likeness (QED) is 0.0330. The summed E-state index contributed by atoms with van der Waals surface area (Å²) in [6.45, 7) is 1.48. The van der Waals surface area contributed by atoms with Gasteiger partial charge >= 0.3 is 0 Å². The summed E-state index contributed by atoms with van der Waals surface area (Å²) >= 11 is 0. The van der Waals surface area contributed by atoms with Crippen molar-refractivity contribution in [2.75, 3.05) is 26.4 Å². The van der Waals surface area contributed by atoms with E-state index in [0.717, 1.165) is 44.9 Å². The van der Waals surface area contributed by atoms with E-state index in [-0.39, 0.29) is 18.9 Å². The van der Waals surface area contributed by atoms with E-state index in [4.69, 9.17) is 28.4 Å². The van der Waals surface area contributed by atoms with Gasteiger partial charge in [-0.1, -0.05) is 83.8 Å². The number of aliphatic hydroxyl groups excluding tert-OH is 11. The zero-order valence-electron chi connectivity index (χ0n) is 33.8. The summed E-state index contributed by atoms with van der Waals surface area (Å²) in [6, 6.07) is -0.959. The van der Waals surface area contributed by atoms with E-state index in [1.54, 1.807) is 6.08 Å². The van der Waals surface area contributed by atoms with Crippen LogP contribution in [0.3, 0.4) is 0 Å². The number of allylic oxidation sites excluding steroid dienone is 1. The standard InChI is InChI=1S/C39H71NO18/c1-3-5-7-9-10-11-13-15-17-27(45)40-22(23(44)16-14-12-8-6-4-2)21-53-37-33(51)30(48)35(25(19-42)55-37)58-39-34(52)31(49)36(26(20-43)56-39)57-38-32(50)29(47)28(46)24(18-41)54-38/h14,16,22-26,28-39,41-44,46-52H,3-13,15,17-21H2,1-2H3,(H,40,45)/b16-14+. The van der Waals surface area contributed by atoms with Crippen LogP contribution in [-0.4, -0.2) is 193 Å². The maximum atomic E-state index is 12.9. The molecule has 0 aromatic rings. The molecule has 19 heteroatoms. The van der Waals surface area contributed by atoms with Gasteiger partial charge in [-0.3, -0.25) is 4.79 Å². The van der Waals surface area contributed by atoms with Crippen LogP contribution in [-0.2, 0) is 33.2 Å². The van der Waals surface area contributed by atoms with Crippen molar-refractivity contribution in [1.82, 2.24) is 5.32 Å². The molecule has 0 bridgehead atoms. The van der Waals surface area contributed by atoms with Crippen LogP contribution < -0.4 is 5.32 Å². The number of ether oxygens (including phenoxy) is 6. The van der Waals surface area contributed by atoms with Gasteiger partial charge in [0.1, 0.15) is 73.2 Å². The molecule has 3 fully saturated rings. The Morgan fingerprint density at radius 1 is 0.603 bits per heavy atom. The zero-order valence-corrected chi connectivity index (χ0v) is 33.8. The maximum Gasteiger partial charge on any atom is 0.220 e. The molecule has 0 spiro atoms. The van der Waals surface area contributed by atoms with E-state index >= 15 is 0 Å². The predicted octanol–water partition coefficient (Wildman–Crippen LogP) is -2.04. The smallest absolute Gasteiger partial charge is 0.220 e. The summed E-state index contributed by atoms with van der Waals surface area (Å²) in [7, 11) is 0. The summed E-state index contributed by atoms with van der Waals surface area (Å²) in [4.78, 5) is 12.9. The first kappa shape index (κ1) is 50.9. The Bertz CT molecular complexity index is 1150. The topological polar surface area (TPSA) is 307 Å². The molecule has 3 aliphatic heterocycles. The zero-order chi connectivity index (χ0) is 42.8. The Kier molecular flexibility index (Phi) is 23.5. The van der Waals surface area contributed by atoms with Crippen LogP contribution >= 0.6 is 0 Å². The molecule has 3 saturated heterocycles. The summed E-state index contributed by atoms with van der Waals surface area (Å²) in [5.74, 6) is -0.292. The Morgan fingerprint density at radius 3 is 1.62 bits per heavy atom. The average molecular weight is 842 g/mol. The first-order valence-corrected chi connectivity index (χ1v) is 20.9. The molecular weight excluding hydrogens is 770 g/mol. The van der Waals surface area contributed by atoms with E-state index in [2.05, 4.69) is 19.2 Å². The van der Waals surface area contributed by atoms with Gasteiger partial charge in [0, 0.05) is 6.42 Å². The van der Waals surface area contributed by atoms with E-state index in [9.17, 15) is 61.0 Å². The van der Waals surface area contributed by atoms with Gasteiger partial charge in [-0.15, -0.1) is 0 Å². The molecule has 17 unspecified atom stereocenters. The highest BCUT2D eigenvalue weighted by atomic mass is 16.8. The second-order valence-electron chi connectivity index (χ2n) is 15.5. The van der Waals surface area contributed by atoms with E-state index in [1.165, 1.54) is 25.7 Å². The van der Waals surface area contributed by atoms with Crippen molar-refractivity contribution in [2.45, 2.75) is 202 Å². The number of nitrogens with one attached hydrogen (secondary N) is 1. The van der Waals surface area contributed by atoms with Gasteiger partial charge in [0.15, 0.2) is 18.9 Å². The Hall–Kier alpha value is -1.47. The molecule has 58 heavy (non-hydrogen) atoms. The van der Waals surface area contributed by atoms with Crippen molar-refractivity contribution >= 4 is 5.91 Å². The van der Waals surface area contributed by atoms with E-state index in [0.29, 0.717) is 6.42 Å². The van der Waals surface area contributed by atoms with Crippen molar-refractivity contribution in [3.05, 3.63) is 12.2 Å². The minimum absolute atomic E-state index is 0.243. The van der Waals surface area contributed by atoms with Gasteiger partial charge in [-0.05, 0) is 19.3 Å². The SMILES string of the molecule is CCCCC/C=C/C(O)C(COC1OC(CO)C(OC2OC(CO)C(OC3OC(CO)C(O)C(O)C3O)C(O)C2O)C(O)C1O)NC(=O)CCCCCCCCCC. The van der Waals surface area contributed by atoms with E-state index < -0.39 is 124 Å².